The lowest BCUT2D eigenvalue weighted by molar-refractivity contribution is -0.124. The van der Waals surface area contributed by atoms with E-state index >= 15 is 0 Å². The van der Waals surface area contributed by atoms with Crippen LogP contribution in [0.1, 0.15) is 18.4 Å². The van der Waals surface area contributed by atoms with E-state index in [-0.39, 0.29) is 35.7 Å². The van der Waals surface area contributed by atoms with E-state index in [1.165, 1.54) is 0 Å². The molecule has 3 aromatic rings. The lowest BCUT2D eigenvalue weighted by atomic mass is 9.61. The fourth-order valence-corrected chi connectivity index (χ4v) is 4.11. The predicted molar refractivity (Wildman–Crippen MR) is 111 cm³/mol. The smallest absolute Gasteiger partial charge is 0.242 e. The van der Waals surface area contributed by atoms with E-state index in [4.69, 9.17) is 11.6 Å². The van der Waals surface area contributed by atoms with Gasteiger partial charge < -0.3 is 10.6 Å². The second-order valence-corrected chi connectivity index (χ2v) is 7.73. The third kappa shape index (κ3) is 4.10. The van der Waals surface area contributed by atoms with Gasteiger partial charge in [-0.15, -0.1) is 16.7 Å². The summed E-state index contributed by atoms with van der Waals surface area (Å²) in [5.74, 6) is -0.346. The van der Waals surface area contributed by atoms with Crippen molar-refractivity contribution in [3.63, 3.8) is 0 Å². The summed E-state index contributed by atoms with van der Waals surface area (Å²) < 4.78 is 1.61. The summed E-state index contributed by atoms with van der Waals surface area (Å²) in [5.41, 5.74) is 2.56. The number of benzene rings is 2. The number of amides is 2. The molecule has 0 bridgehead atoms. The number of hydrogen-bond acceptors (Lipinski definition) is 4. The van der Waals surface area contributed by atoms with E-state index in [2.05, 4.69) is 33.1 Å². The van der Waals surface area contributed by atoms with Crippen LogP contribution < -0.4 is 10.6 Å². The van der Waals surface area contributed by atoms with Crippen molar-refractivity contribution >= 4 is 34.4 Å². The molecule has 0 saturated heterocycles. The van der Waals surface area contributed by atoms with Crippen LogP contribution in [0.2, 0.25) is 0 Å². The number of aromatic nitrogens is 3. The van der Waals surface area contributed by atoms with Crippen molar-refractivity contribution in [1.82, 2.24) is 25.6 Å². The van der Waals surface area contributed by atoms with Crippen molar-refractivity contribution in [2.45, 2.75) is 30.8 Å². The minimum Gasteiger partial charge on any atom is -0.354 e. The van der Waals surface area contributed by atoms with Crippen LogP contribution in [0, 0.1) is 0 Å². The first-order valence-corrected chi connectivity index (χ1v) is 10.1. The number of carbonyl (C=O) groups is 2. The van der Waals surface area contributed by atoms with E-state index in [0.29, 0.717) is 6.54 Å². The van der Waals surface area contributed by atoms with Gasteiger partial charge in [0.25, 0.3) is 0 Å². The van der Waals surface area contributed by atoms with Crippen LogP contribution in [-0.4, -0.2) is 45.3 Å². The van der Waals surface area contributed by atoms with Crippen LogP contribution in [0.3, 0.4) is 0 Å². The molecule has 1 heterocycles. The Hall–Kier alpha value is -2.93. The Morgan fingerprint density at radius 3 is 2.55 bits per heavy atom. The van der Waals surface area contributed by atoms with E-state index in [1.54, 1.807) is 4.68 Å². The van der Waals surface area contributed by atoms with E-state index in [1.807, 2.05) is 42.5 Å². The van der Waals surface area contributed by atoms with Gasteiger partial charge in [0.1, 0.15) is 17.9 Å². The van der Waals surface area contributed by atoms with E-state index in [9.17, 15) is 9.59 Å². The summed E-state index contributed by atoms with van der Waals surface area (Å²) in [7, 11) is 0. The van der Waals surface area contributed by atoms with E-state index < -0.39 is 0 Å². The highest BCUT2D eigenvalue weighted by Gasteiger charge is 2.46. The number of halogens is 1. The molecule has 1 aliphatic rings. The molecular weight excluding hydrogens is 390 g/mol. The molecule has 1 saturated carbocycles. The zero-order chi connectivity index (χ0) is 20.3. The molecule has 2 aromatic carbocycles. The van der Waals surface area contributed by atoms with Crippen LogP contribution in [0.15, 0.2) is 54.6 Å². The molecular formula is C21H22ClN5O2. The maximum Gasteiger partial charge on any atom is 0.242 e. The van der Waals surface area contributed by atoms with Crippen LogP contribution in [0.5, 0.6) is 0 Å². The van der Waals surface area contributed by atoms with Gasteiger partial charge in [-0.3, -0.25) is 9.59 Å². The number of carbonyl (C=O) groups excluding carboxylic acids is 2. The first-order valence-electron chi connectivity index (χ1n) is 9.55. The van der Waals surface area contributed by atoms with Crippen LogP contribution >= 0.6 is 11.6 Å². The SMILES string of the molecule is O=C(CCl)NCC1(c2ccccc2)CC(NC(=O)Cn2nnc3ccccc32)C1. The zero-order valence-electron chi connectivity index (χ0n) is 15.8. The Morgan fingerprint density at radius 1 is 1.07 bits per heavy atom. The minimum absolute atomic E-state index is 0.0467. The molecule has 8 heteroatoms. The third-order valence-electron chi connectivity index (χ3n) is 5.48. The minimum atomic E-state index is -0.194. The first kappa shape index (κ1) is 19.4. The molecule has 2 amide bonds. The molecule has 1 aromatic heterocycles. The van der Waals surface area contributed by atoms with Gasteiger partial charge in [0, 0.05) is 18.0 Å². The summed E-state index contributed by atoms with van der Waals surface area (Å²) in [6.07, 6.45) is 1.51. The summed E-state index contributed by atoms with van der Waals surface area (Å²) in [6, 6.07) is 17.7. The van der Waals surface area contributed by atoms with Crippen molar-refractivity contribution in [3.05, 3.63) is 60.2 Å². The molecule has 4 rings (SSSR count). The Labute approximate surface area is 173 Å². The molecule has 0 aliphatic heterocycles. The largest absolute Gasteiger partial charge is 0.354 e. The highest BCUT2D eigenvalue weighted by Crippen LogP contribution is 2.43. The Bertz CT molecular complexity index is 1010. The van der Waals surface area contributed by atoms with Crippen molar-refractivity contribution in [2.75, 3.05) is 12.4 Å². The van der Waals surface area contributed by atoms with E-state index in [0.717, 1.165) is 29.4 Å². The van der Waals surface area contributed by atoms with Crippen molar-refractivity contribution in [1.29, 1.82) is 0 Å². The van der Waals surface area contributed by atoms with Gasteiger partial charge in [0.2, 0.25) is 11.8 Å². The molecule has 150 valence electrons. The summed E-state index contributed by atoms with van der Waals surface area (Å²) in [5, 5.41) is 14.1. The molecule has 7 nitrogen and oxygen atoms in total. The number of rotatable bonds is 7. The molecule has 0 spiro atoms. The van der Waals surface area contributed by atoms with Gasteiger partial charge in [0.15, 0.2) is 0 Å². The van der Waals surface area contributed by atoms with Crippen molar-refractivity contribution < 1.29 is 9.59 Å². The summed E-state index contributed by atoms with van der Waals surface area (Å²) >= 11 is 5.61. The third-order valence-corrected chi connectivity index (χ3v) is 5.73. The van der Waals surface area contributed by atoms with Gasteiger partial charge in [-0.25, -0.2) is 4.68 Å². The highest BCUT2D eigenvalue weighted by molar-refractivity contribution is 6.27. The monoisotopic (exact) mass is 411 g/mol. The van der Waals surface area contributed by atoms with Crippen LogP contribution in [0.4, 0.5) is 0 Å². The molecule has 1 fully saturated rings. The topological polar surface area (TPSA) is 88.9 Å². The number of hydrogen-bond donors (Lipinski definition) is 2. The predicted octanol–water partition coefficient (Wildman–Crippen LogP) is 2.00. The average Bonchev–Trinajstić information content (AvgIpc) is 3.12. The standard InChI is InChI=1S/C21H22ClN5O2/c22-12-19(28)23-14-21(15-6-2-1-3-7-15)10-16(11-21)24-20(29)13-27-18-9-5-4-8-17(18)25-26-27/h1-9,16H,10-14H2,(H,23,28)(H,24,29). The summed E-state index contributed by atoms with van der Waals surface area (Å²) in [4.78, 5) is 24.2. The molecule has 1 aliphatic carbocycles. The molecule has 29 heavy (non-hydrogen) atoms. The fraction of sp³-hybridized carbons (Fsp3) is 0.333. The summed E-state index contributed by atoms with van der Waals surface area (Å²) in [6.45, 7) is 0.626. The molecule has 2 N–H and O–H groups in total. The average molecular weight is 412 g/mol. The molecule has 0 unspecified atom stereocenters. The molecule has 0 radical (unpaired) electrons. The lowest BCUT2D eigenvalue weighted by Gasteiger charge is -2.48. The van der Waals surface area contributed by atoms with Gasteiger partial charge in [-0.1, -0.05) is 47.7 Å². The highest BCUT2D eigenvalue weighted by atomic mass is 35.5. The lowest BCUT2D eigenvalue weighted by Crippen LogP contribution is -2.58. The second-order valence-electron chi connectivity index (χ2n) is 7.47. The number of fused-ring (bicyclic) bond motifs is 1. The van der Waals surface area contributed by atoms with Crippen LogP contribution in [-0.2, 0) is 21.5 Å². The first-order chi connectivity index (χ1) is 14.1. The van der Waals surface area contributed by atoms with Gasteiger partial charge in [-0.2, -0.15) is 0 Å². The number of para-hydroxylation sites is 1. The maximum absolute atomic E-state index is 12.5. The Balaban J connectivity index is 1.39. The molecule has 0 atom stereocenters. The number of nitrogens with zero attached hydrogens (tertiary/aromatic N) is 3. The van der Waals surface area contributed by atoms with Crippen LogP contribution in [0.25, 0.3) is 11.0 Å². The maximum atomic E-state index is 12.5. The number of nitrogens with one attached hydrogen (secondary N) is 2. The van der Waals surface area contributed by atoms with Crippen molar-refractivity contribution in [3.8, 4) is 0 Å². The quantitative estimate of drug-likeness (QED) is 0.582. The Morgan fingerprint density at radius 2 is 1.79 bits per heavy atom. The normalized spacial score (nSPS) is 20.8. The second kappa shape index (κ2) is 8.21. The fourth-order valence-electron chi connectivity index (χ4n) is 4.02. The van der Waals surface area contributed by atoms with Gasteiger partial charge in [0.05, 0.1) is 5.52 Å². The van der Waals surface area contributed by atoms with Crippen molar-refractivity contribution in [2.24, 2.45) is 0 Å². The van der Waals surface area contributed by atoms with Gasteiger partial charge >= 0.3 is 0 Å². The zero-order valence-corrected chi connectivity index (χ0v) is 16.6. The number of alkyl halides is 1. The van der Waals surface area contributed by atoms with Gasteiger partial charge in [-0.05, 0) is 30.5 Å². The Kier molecular flexibility index (Phi) is 5.49.